The van der Waals surface area contributed by atoms with E-state index in [4.69, 9.17) is 0 Å². The molecule has 0 aliphatic carbocycles. The van der Waals surface area contributed by atoms with Crippen molar-refractivity contribution in [2.45, 2.75) is 33.2 Å². The highest BCUT2D eigenvalue weighted by Gasteiger charge is 2.14. The average Bonchev–Trinajstić information content (AvgIpc) is 2.34. The highest BCUT2D eigenvalue weighted by molar-refractivity contribution is 5.32. The van der Waals surface area contributed by atoms with Gasteiger partial charge in [0.05, 0.1) is 0 Å². The summed E-state index contributed by atoms with van der Waals surface area (Å²) in [5.41, 5.74) is 4.39. The molecule has 1 aromatic rings. The summed E-state index contributed by atoms with van der Waals surface area (Å²) < 4.78 is 0. The molecule has 2 nitrogen and oxygen atoms in total. The lowest BCUT2D eigenvalue weighted by atomic mass is 9.97. The second kappa shape index (κ2) is 5.85. The number of rotatable bonds is 3. The minimum absolute atomic E-state index is 0.626. The molecule has 1 heterocycles. The van der Waals surface area contributed by atoms with Crippen molar-refractivity contribution in [3.05, 3.63) is 34.9 Å². The summed E-state index contributed by atoms with van der Waals surface area (Å²) in [7, 11) is 2.21. The molecule has 0 N–H and O–H groups in total. The van der Waals surface area contributed by atoms with E-state index in [2.05, 4.69) is 55.8 Å². The second-order valence-corrected chi connectivity index (χ2v) is 5.92. The fourth-order valence-electron chi connectivity index (χ4n) is 2.50. The van der Waals surface area contributed by atoms with Gasteiger partial charge in [0, 0.05) is 32.7 Å². The molecule has 0 amide bonds. The monoisotopic (exact) mass is 246 g/mol. The van der Waals surface area contributed by atoms with Gasteiger partial charge in [0.2, 0.25) is 0 Å². The maximum absolute atomic E-state index is 2.57. The molecule has 0 radical (unpaired) electrons. The standard InChI is InChI=1S/C16H26N2/c1-13(2)15-5-6-16(14(3)11-15)12-18-9-7-17(4)8-10-18/h5-6,11,13H,7-10,12H2,1-4H3. The van der Waals surface area contributed by atoms with Crippen molar-refractivity contribution in [2.24, 2.45) is 0 Å². The van der Waals surface area contributed by atoms with Gasteiger partial charge in [-0.1, -0.05) is 32.0 Å². The summed E-state index contributed by atoms with van der Waals surface area (Å²) in [5.74, 6) is 0.626. The summed E-state index contributed by atoms with van der Waals surface area (Å²) in [5, 5.41) is 0. The Hall–Kier alpha value is -0.860. The van der Waals surface area contributed by atoms with Crippen LogP contribution in [0.15, 0.2) is 18.2 Å². The van der Waals surface area contributed by atoms with Crippen molar-refractivity contribution < 1.29 is 0 Å². The molecule has 1 saturated heterocycles. The lowest BCUT2D eigenvalue weighted by Crippen LogP contribution is -2.43. The van der Waals surface area contributed by atoms with E-state index >= 15 is 0 Å². The third-order valence-corrected chi connectivity index (χ3v) is 4.02. The first-order valence-corrected chi connectivity index (χ1v) is 7.06. The molecular weight excluding hydrogens is 220 g/mol. The molecular formula is C16H26N2. The molecule has 1 aliphatic rings. The van der Waals surface area contributed by atoms with Crippen LogP contribution in [0.25, 0.3) is 0 Å². The van der Waals surface area contributed by atoms with Crippen LogP contribution in [0.3, 0.4) is 0 Å². The molecule has 0 saturated carbocycles. The van der Waals surface area contributed by atoms with Gasteiger partial charge in [-0.3, -0.25) is 4.90 Å². The van der Waals surface area contributed by atoms with Crippen molar-refractivity contribution in [2.75, 3.05) is 33.2 Å². The molecule has 0 atom stereocenters. The SMILES string of the molecule is Cc1cc(C(C)C)ccc1CN1CCN(C)CC1. The molecule has 1 aliphatic heterocycles. The molecule has 1 fully saturated rings. The molecule has 0 unspecified atom stereocenters. The maximum atomic E-state index is 2.57. The normalized spacial score (nSPS) is 18.5. The highest BCUT2D eigenvalue weighted by atomic mass is 15.2. The van der Waals surface area contributed by atoms with Crippen LogP contribution in [-0.4, -0.2) is 43.0 Å². The number of piperazine rings is 1. The average molecular weight is 246 g/mol. The van der Waals surface area contributed by atoms with Crippen LogP contribution in [0.2, 0.25) is 0 Å². The first kappa shape index (κ1) is 13.6. The highest BCUT2D eigenvalue weighted by Crippen LogP contribution is 2.19. The van der Waals surface area contributed by atoms with Gasteiger partial charge in [-0.15, -0.1) is 0 Å². The maximum Gasteiger partial charge on any atom is 0.0237 e. The van der Waals surface area contributed by atoms with E-state index in [9.17, 15) is 0 Å². The predicted octanol–water partition coefficient (Wildman–Crippen LogP) is 2.87. The molecule has 0 aromatic heterocycles. The zero-order chi connectivity index (χ0) is 13.1. The Balaban J connectivity index is 2.01. The molecule has 0 spiro atoms. The zero-order valence-corrected chi connectivity index (χ0v) is 12.2. The van der Waals surface area contributed by atoms with Crippen LogP contribution >= 0.6 is 0 Å². The van der Waals surface area contributed by atoms with Crippen LogP contribution in [0.4, 0.5) is 0 Å². The van der Waals surface area contributed by atoms with Crippen molar-refractivity contribution in [3.63, 3.8) is 0 Å². The minimum Gasteiger partial charge on any atom is -0.304 e. The van der Waals surface area contributed by atoms with Crippen LogP contribution < -0.4 is 0 Å². The first-order chi connectivity index (χ1) is 8.56. The molecule has 18 heavy (non-hydrogen) atoms. The van der Waals surface area contributed by atoms with E-state index in [1.807, 2.05) is 0 Å². The molecule has 1 aromatic carbocycles. The quantitative estimate of drug-likeness (QED) is 0.809. The topological polar surface area (TPSA) is 6.48 Å². The van der Waals surface area contributed by atoms with E-state index in [0.717, 1.165) is 6.54 Å². The van der Waals surface area contributed by atoms with E-state index < -0.39 is 0 Å². The van der Waals surface area contributed by atoms with Crippen molar-refractivity contribution >= 4 is 0 Å². The van der Waals surface area contributed by atoms with Gasteiger partial charge in [-0.2, -0.15) is 0 Å². The molecule has 2 heteroatoms. The van der Waals surface area contributed by atoms with E-state index in [1.165, 1.54) is 42.9 Å². The van der Waals surface area contributed by atoms with Gasteiger partial charge in [0.25, 0.3) is 0 Å². The lowest BCUT2D eigenvalue weighted by molar-refractivity contribution is 0.148. The largest absolute Gasteiger partial charge is 0.304 e. The summed E-state index contributed by atoms with van der Waals surface area (Å²) in [6, 6.07) is 6.97. The molecule has 2 rings (SSSR count). The van der Waals surface area contributed by atoms with E-state index in [0.29, 0.717) is 5.92 Å². The lowest BCUT2D eigenvalue weighted by Gasteiger charge is -2.32. The number of hydrogen-bond acceptors (Lipinski definition) is 2. The Bertz CT molecular complexity index is 390. The number of benzene rings is 1. The van der Waals surface area contributed by atoms with Gasteiger partial charge in [-0.05, 0) is 36.6 Å². The number of likely N-dealkylation sites (N-methyl/N-ethyl adjacent to an activating group) is 1. The summed E-state index contributed by atoms with van der Waals surface area (Å²) in [6.45, 7) is 12.7. The van der Waals surface area contributed by atoms with Gasteiger partial charge in [0.1, 0.15) is 0 Å². The van der Waals surface area contributed by atoms with Gasteiger partial charge < -0.3 is 4.90 Å². The van der Waals surface area contributed by atoms with Gasteiger partial charge in [0.15, 0.2) is 0 Å². The molecule has 100 valence electrons. The van der Waals surface area contributed by atoms with Crippen LogP contribution in [0.5, 0.6) is 0 Å². The van der Waals surface area contributed by atoms with Crippen molar-refractivity contribution in [1.29, 1.82) is 0 Å². The third-order valence-electron chi connectivity index (χ3n) is 4.02. The predicted molar refractivity (Wildman–Crippen MR) is 78.0 cm³/mol. The Kier molecular flexibility index (Phi) is 4.41. The van der Waals surface area contributed by atoms with Crippen LogP contribution in [-0.2, 0) is 6.54 Å². The number of aryl methyl sites for hydroxylation is 1. The third kappa shape index (κ3) is 3.33. The molecule has 0 bridgehead atoms. The number of hydrogen-bond donors (Lipinski definition) is 0. The number of nitrogens with zero attached hydrogens (tertiary/aromatic N) is 2. The summed E-state index contributed by atoms with van der Waals surface area (Å²) >= 11 is 0. The van der Waals surface area contributed by atoms with E-state index in [-0.39, 0.29) is 0 Å². The Morgan fingerprint density at radius 3 is 2.33 bits per heavy atom. The second-order valence-electron chi connectivity index (χ2n) is 5.92. The Morgan fingerprint density at radius 1 is 1.11 bits per heavy atom. The van der Waals surface area contributed by atoms with Crippen molar-refractivity contribution in [3.8, 4) is 0 Å². The van der Waals surface area contributed by atoms with Crippen molar-refractivity contribution in [1.82, 2.24) is 9.80 Å². The minimum atomic E-state index is 0.626. The first-order valence-electron chi connectivity index (χ1n) is 7.06. The van der Waals surface area contributed by atoms with Gasteiger partial charge in [-0.25, -0.2) is 0 Å². The van der Waals surface area contributed by atoms with E-state index in [1.54, 1.807) is 0 Å². The summed E-state index contributed by atoms with van der Waals surface area (Å²) in [4.78, 5) is 4.97. The fourth-order valence-corrected chi connectivity index (χ4v) is 2.50. The summed E-state index contributed by atoms with van der Waals surface area (Å²) in [6.07, 6.45) is 0. The smallest absolute Gasteiger partial charge is 0.0237 e. The van der Waals surface area contributed by atoms with Gasteiger partial charge >= 0.3 is 0 Å². The van der Waals surface area contributed by atoms with Crippen LogP contribution in [0, 0.1) is 6.92 Å². The fraction of sp³-hybridized carbons (Fsp3) is 0.625. The Labute approximate surface area is 112 Å². The van der Waals surface area contributed by atoms with Crippen LogP contribution in [0.1, 0.15) is 36.5 Å². The Morgan fingerprint density at radius 2 is 1.78 bits per heavy atom. The zero-order valence-electron chi connectivity index (χ0n) is 12.2.